The van der Waals surface area contributed by atoms with E-state index in [0.29, 0.717) is 0 Å². The van der Waals surface area contributed by atoms with Crippen molar-refractivity contribution >= 4 is 0 Å². The molecule has 0 aliphatic heterocycles. The Morgan fingerprint density at radius 2 is 1.70 bits per heavy atom. The zero-order valence-corrected chi connectivity index (χ0v) is 13.2. The van der Waals surface area contributed by atoms with Crippen molar-refractivity contribution in [1.82, 2.24) is 9.78 Å². The molecule has 1 aromatic heterocycles. The van der Waals surface area contributed by atoms with Gasteiger partial charge in [-0.25, -0.2) is 0 Å². The number of hydrogen-bond donors (Lipinski definition) is 1. The average Bonchev–Trinajstić information content (AvgIpc) is 2.75. The van der Waals surface area contributed by atoms with E-state index >= 15 is 0 Å². The first kappa shape index (κ1) is 14.8. The van der Waals surface area contributed by atoms with Crippen LogP contribution in [0.25, 0.3) is 0 Å². The van der Waals surface area contributed by atoms with Gasteiger partial charge in [0.05, 0.1) is 17.4 Å². The predicted octanol–water partition coefficient (Wildman–Crippen LogP) is 3.38. The molecule has 0 spiro atoms. The lowest BCUT2D eigenvalue weighted by Gasteiger charge is -2.17. The summed E-state index contributed by atoms with van der Waals surface area (Å²) in [7, 11) is 0. The lowest BCUT2D eigenvalue weighted by molar-refractivity contribution is 0.565. The van der Waals surface area contributed by atoms with Crippen LogP contribution in [0, 0.1) is 27.7 Å². The number of aromatic nitrogens is 2. The predicted molar refractivity (Wildman–Crippen MR) is 83.9 cm³/mol. The van der Waals surface area contributed by atoms with Gasteiger partial charge in [0, 0.05) is 6.54 Å². The smallest absolute Gasteiger partial charge is 0.0597 e. The molecule has 0 radical (unpaired) electrons. The summed E-state index contributed by atoms with van der Waals surface area (Å²) in [5.74, 6) is 0. The van der Waals surface area contributed by atoms with Gasteiger partial charge in [0.2, 0.25) is 0 Å². The van der Waals surface area contributed by atoms with E-state index in [9.17, 15) is 0 Å². The Kier molecular flexibility index (Phi) is 4.29. The van der Waals surface area contributed by atoms with Crippen LogP contribution in [0.3, 0.4) is 0 Å². The van der Waals surface area contributed by atoms with E-state index in [2.05, 4.69) is 51.0 Å². The van der Waals surface area contributed by atoms with E-state index in [1.165, 1.54) is 22.3 Å². The first-order valence-corrected chi connectivity index (χ1v) is 7.29. The SMILES string of the molecule is CCn1nc(C)cc1C(N)Cc1c(C)cc(C)cc1C. The van der Waals surface area contributed by atoms with E-state index in [1.54, 1.807) is 0 Å². The van der Waals surface area contributed by atoms with Gasteiger partial charge in [0.25, 0.3) is 0 Å². The van der Waals surface area contributed by atoms with Crippen LogP contribution in [0.2, 0.25) is 0 Å². The van der Waals surface area contributed by atoms with Gasteiger partial charge >= 0.3 is 0 Å². The van der Waals surface area contributed by atoms with Gasteiger partial charge in [-0.3, -0.25) is 4.68 Å². The fourth-order valence-electron chi connectivity index (χ4n) is 2.97. The highest BCUT2D eigenvalue weighted by Crippen LogP contribution is 2.23. The molecular weight excluding hydrogens is 246 g/mol. The van der Waals surface area contributed by atoms with Crippen molar-refractivity contribution in [2.45, 2.75) is 53.6 Å². The summed E-state index contributed by atoms with van der Waals surface area (Å²) in [6.45, 7) is 11.5. The van der Waals surface area contributed by atoms with Crippen molar-refractivity contribution < 1.29 is 0 Å². The average molecular weight is 271 g/mol. The van der Waals surface area contributed by atoms with Crippen molar-refractivity contribution in [3.8, 4) is 0 Å². The fraction of sp³-hybridized carbons (Fsp3) is 0.471. The van der Waals surface area contributed by atoms with Crippen molar-refractivity contribution in [3.05, 3.63) is 51.8 Å². The Balaban J connectivity index is 2.30. The summed E-state index contributed by atoms with van der Waals surface area (Å²) in [4.78, 5) is 0. The minimum absolute atomic E-state index is 0.00347. The van der Waals surface area contributed by atoms with Crippen molar-refractivity contribution in [1.29, 1.82) is 0 Å². The molecule has 0 amide bonds. The minimum atomic E-state index is -0.00347. The topological polar surface area (TPSA) is 43.8 Å². The van der Waals surface area contributed by atoms with E-state index < -0.39 is 0 Å². The monoisotopic (exact) mass is 271 g/mol. The molecule has 0 saturated carbocycles. The quantitative estimate of drug-likeness (QED) is 0.926. The molecule has 1 unspecified atom stereocenters. The number of nitrogens with two attached hydrogens (primary N) is 1. The van der Waals surface area contributed by atoms with Gasteiger partial charge in [-0.15, -0.1) is 0 Å². The van der Waals surface area contributed by atoms with Gasteiger partial charge in [0.15, 0.2) is 0 Å². The van der Waals surface area contributed by atoms with E-state index in [1.807, 2.05) is 11.6 Å². The Bertz CT molecular complexity index is 588. The molecule has 1 aromatic carbocycles. The maximum absolute atomic E-state index is 6.43. The largest absolute Gasteiger partial charge is 0.322 e. The molecule has 0 aliphatic carbocycles. The zero-order valence-electron chi connectivity index (χ0n) is 13.2. The zero-order chi connectivity index (χ0) is 14.9. The molecule has 0 bridgehead atoms. The molecule has 3 heteroatoms. The highest BCUT2D eigenvalue weighted by atomic mass is 15.3. The molecule has 20 heavy (non-hydrogen) atoms. The maximum atomic E-state index is 6.43. The fourth-order valence-corrected chi connectivity index (χ4v) is 2.97. The van der Waals surface area contributed by atoms with Crippen LogP contribution in [0.15, 0.2) is 18.2 Å². The summed E-state index contributed by atoms with van der Waals surface area (Å²) >= 11 is 0. The first-order valence-electron chi connectivity index (χ1n) is 7.29. The number of benzene rings is 1. The van der Waals surface area contributed by atoms with Crippen LogP contribution in [-0.4, -0.2) is 9.78 Å². The normalized spacial score (nSPS) is 12.7. The molecule has 3 nitrogen and oxygen atoms in total. The molecule has 0 saturated heterocycles. The molecule has 0 aliphatic rings. The second-order valence-electron chi connectivity index (χ2n) is 5.71. The molecule has 2 N–H and O–H groups in total. The lowest BCUT2D eigenvalue weighted by atomic mass is 9.93. The van der Waals surface area contributed by atoms with Crippen LogP contribution in [-0.2, 0) is 13.0 Å². The van der Waals surface area contributed by atoms with Gasteiger partial charge in [0.1, 0.15) is 0 Å². The van der Waals surface area contributed by atoms with Crippen molar-refractivity contribution in [2.75, 3.05) is 0 Å². The second kappa shape index (κ2) is 5.80. The summed E-state index contributed by atoms with van der Waals surface area (Å²) in [5.41, 5.74) is 13.9. The van der Waals surface area contributed by atoms with Gasteiger partial charge in [-0.05, 0) is 63.8 Å². The standard InChI is InChI=1S/C17H25N3/c1-6-20-17(9-14(5)19-20)16(18)10-15-12(3)7-11(2)8-13(15)4/h7-9,16H,6,10,18H2,1-5H3. The number of rotatable bonds is 4. The number of aryl methyl sites for hydroxylation is 5. The molecule has 2 aromatic rings. The maximum Gasteiger partial charge on any atom is 0.0597 e. The summed E-state index contributed by atoms with van der Waals surface area (Å²) in [6.07, 6.45) is 0.864. The number of hydrogen-bond acceptors (Lipinski definition) is 2. The second-order valence-corrected chi connectivity index (χ2v) is 5.71. The number of nitrogens with zero attached hydrogens (tertiary/aromatic N) is 2. The minimum Gasteiger partial charge on any atom is -0.322 e. The summed E-state index contributed by atoms with van der Waals surface area (Å²) in [6, 6.07) is 6.57. The lowest BCUT2D eigenvalue weighted by Crippen LogP contribution is -2.19. The highest BCUT2D eigenvalue weighted by Gasteiger charge is 2.15. The summed E-state index contributed by atoms with van der Waals surface area (Å²) < 4.78 is 2.01. The van der Waals surface area contributed by atoms with Gasteiger partial charge < -0.3 is 5.73 Å². The Morgan fingerprint density at radius 1 is 1.10 bits per heavy atom. The van der Waals surface area contributed by atoms with Crippen molar-refractivity contribution in [2.24, 2.45) is 5.73 Å². The Morgan fingerprint density at radius 3 is 2.25 bits per heavy atom. The highest BCUT2D eigenvalue weighted by molar-refractivity contribution is 5.38. The van der Waals surface area contributed by atoms with Crippen LogP contribution in [0.1, 0.15) is 46.6 Å². The van der Waals surface area contributed by atoms with Crippen molar-refractivity contribution in [3.63, 3.8) is 0 Å². The molecule has 0 fully saturated rings. The third kappa shape index (κ3) is 2.93. The molecule has 1 atom stereocenters. The van der Waals surface area contributed by atoms with E-state index in [4.69, 9.17) is 5.73 Å². The van der Waals surface area contributed by atoms with Gasteiger partial charge in [-0.1, -0.05) is 17.7 Å². The Hall–Kier alpha value is -1.61. The first-order chi connectivity index (χ1) is 9.42. The van der Waals surface area contributed by atoms with E-state index in [0.717, 1.165) is 24.4 Å². The molecule has 108 valence electrons. The van der Waals surface area contributed by atoms with E-state index in [-0.39, 0.29) is 6.04 Å². The third-order valence-corrected chi connectivity index (χ3v) is 3.88. The van der Waals surface area contributed by atoms with Crippen LogP contribution in [0.5, 0.6) is 0 Å². The van der Waals surface area contributed by atoms with Gasteiger partial charge in [-0.2, -0.15) is 5.10 Å². The third-order valence-electron chi connectivity index (χ3n) is 3.88. The molecule has 2 rings (SSSR count). The van der Waals surface area contributed by atoms with Crippen LogP contribution < -0.4 is 5.73 Å². The molecular formula is C17H25N3. The van der Waals surface area contributed by atoms with Crippen LogP contribution in [0.4, 0.5) is 0 Å². The molecule has 1 heterocycles. The van der Waals surface area contributed by atoms with Crippen LogP contribution >= 0.6 is 0 Å². The summed E-state index contributed by atoms with van der Waals surface area (Å²) in [5, 5.41) is 4.49. The Labute approximate surface area is 121 Å².